The van der Waals surface area contributed by atoms with Crippen LogP contribution in [0.1, 0.15) is 40.2 Å². The summed E-state index contributed by atoms with van der Waals surface area (Å²) >= 11 is 4.74. The van der Waals surface area contributed by atoms with Crippen molar-refractivity contribution in [1.82, 2.24) is 0 Å². The SMILES string of the molecule is Cc1c(Br)ccc(O)c1SC(C)(C)C(=O)OC(C)(C)C. The molecule has 0 aromatic heterocycles. The van der Waals surface area contributed by atoms with Gasteiger partial charge in [-0.05, 0) is 59.2 Å². The Morgan fingerprint density at radius 1 is 1.25 bits per heavy atom. The first kappa shape index (κ1) is 17.4. The Labute approximate surface area is 133 Å². The van der Waals surface area contributed by atoms with E-state index in [9.17, 15) is 9.90 Å². The summed E-state index contributed by atoms with van der Waals surface area (Å²) in [6, 6.07) is 3.40. The van der Waals surface area contributed by atoms with Gasteiger partial charge >= 0.3 is 5.97 Å². The molecule has 1 aromatic rings. The fourth-order valence-electron chi connectivity index (χ4n) is 1.48. The first-order chi connectivity index (χ1) is 8.94. The molecule has 0 saturated heterocycles. The lowest BCUT2D eigenvalue weighted by Gasteiger charge is -2.28. The van der Waals surface area contributed by atoms with Crippen LogP contribution < -0.4 is 0 Å². The van der Waals surface area contributed by atoms with E-state index in [4.69, 9.17) is 4.74 Å². The van der Waals surface area contributed by atoms with Gasteiger partial charge in [0.15, 0.2) is 0 Å². The minimum absolute atomic E-state index is 0.173. The molecule has 0 amide bonds. The normalized spacial score (nSPS) is 12.3. The summed E-state index contributed by atoms with van der Waals surface area (Å²) in [6.45, 7) is 11.0. The quantitative estimate of drug-likeness (QED) is 0.628. The monoisotopic (exact) mass is 360 g/mol. The highest BCUT2D eigenvalue weighted by molar-refractivity contribution is 9.10. The minimum atomic E-state index is -0.781. The van der Waals surface area contributed by atoms with Crippen molar-refractivity contribution in [2.45, 2.75) is 56.8 Å². The van der Waals surface area contributed by atoms with Gasteiger partial charge in [-0.15, -0.1) is 11.8 Å². The van der Waals surface area contributed by atoms with E-state index in [2.05, 4.69) is 15.9 Å². The molecule has 0 aliphatic rings. The van der Waals surface area contributed by atoms with Crippen molar-refractivity contribution >= 4 is 33.7 Å². The third-order valence-corrected chi connectivity index (χ3v) is 4.82. The number of ether oxygens (including phenoxy) is 1. The molecule has 3 nitrogen and oxygen atoms in total. The second-order valence-electron chi connectivity index (χ2n) is 6.13. The number of hydrogen-bond donors (Lipinski definition) is 1. The first-order valence-corrected chi connectivity index (χ1v) is 7.95. The zero-order chi connectivity index (χ0) is 15.7. The fraction of sp³-hybridized carbons (Fsp3) is 0.533. The van der Waals surface area contributed by atoms with Crippen LogP contribution in [0.3, 0.4) is 0 Å². The lowest BCUT2D eigenvalue weighted by atomic mass is 10.1. The molecule has 0 bridgehead atoms. The number of halogens is 1. The molecule has 0 radical (unpaired) electrons. The summed E-state index contributed by atoms with van der Waals surface area (Å²) in [7, 11) is 0. The standard InChI is InChI=1S/C15H21BrO3S/c1-9-10(16)7-8-11(17)12(9)20-15(5,6)13(18)19-14(2,3)4/h7-8,17H,1-6H3. The van der Waals surface area contributed by atoms with E-state index in [0.717, 1.165) is 10.0 Å². The van der Waals surface area contributed by atoms with Crippen LogP contribution in [0.15, 0.2) is 21.5 Å². The number of phenolic OH excluding ortho intramolecular Hbond substituents is 1. The van der Waals surface area contributed by atoms with Gasteiger partial charge in [-0.1, -0.05) is 15.9 Å². The highest BCUT2D eigenvalue weighted by Crippen LogP contribution is 2.42. The highest BCUT2D eigenvalue weighted by atomic mass is 79.9. The highest BCUT2D eigenvalue weighted by Gasteiger charge is 2.35. The van der Waals surface area contributed by atoms with Crippen LogP contribution in [0.5, 0.6) is 5.75 Å². The van der Waals surface area contributed by atoms with E-state index in [-0.39, 0.29) is 11.7 Å². The van der Waals surface area contributed by atoms with E-state index in [1.165, 1.54) is 11.8 Å². The van der Waals surface area contributed by atoms with Crippen LogP contribution in [0.25, 0.3) is 0 Å². The van der Waals surface area contributed by atoms with E-state index >= 15 is 0 Å². The third-order valence-electron chi connectivity index (χ3n) is 2.57. The zero-order valence-electron chi connectivity index (χ0n) is 12.7. The van der Waals surface area contributed by atoms with Gasteiger partial charge in [-0.25, -0.2) is 0 Å². The number of carbonyl (C=O) groups excluding carboxylic acids is 1. The van der Waals surface area contributed by atoms with Crippen LogP contribution in [0.2, 0.25) is 0 Å². The second kappa shape index (κ2) is 5.98. The maximum Gasteiger partial charge on any atom is 0.322 e. The smallest absolute Gasteiger partial charge is 0.322 e. The predicted octanol–water partition coefficient (Wildman–Crippen LogP) is 4.68. The molecule has 1 N–H and O–H groups in total. The summed E-state index contributed by atoms with van der Waals surface area (Å²) in [5.41, 5.74) is 0.384. The molecule has 0 aliphatic carbocycles. The Morgan fingerprint density at radius 3 is 2.30 bits per heavy atom. The van der Waals surface area contributed by atoms with Crippen molar-refractivity contribution < 1.29 is 14.6 Å². The number of carbonyl (C=O) groups is 1. The summed E-state index contributed by atoms with van der Waals surface area (Å²) in [5, 5.41) is 10.00. The maximum atomic E-state index is 12.3. The molecule has 20 heavy (non-hydrogen) atoms. The van der Waals surface area contributed by atoms with Gasteiger partial charge in [0.1, 0.15) is 16.1 Å². The van der Waals surface area contributed by atoms with Crippen molar-refractivity contribution in [1.29, 1.82) is 0 Å². The third kappa shape index (κ3) is 4.42. The Kier molecular flexibility index (Phi) is 5.19. The minimum Gasteiger partial charge on any atom is -0.507 e. The maximum absolute atomic E-state index is 12.3. The molecule has 1 aromatic carbocycles. The lowest BCUT2D eigenvalue weighted by Crippen LogP contribution is -2.36. The van der Waals surface area contributed by atoms with Crippen LogP contribution >= 0.6 is 27.7 Å². The van der Waals surface area contributed by atoms with Gasteiger partial charge in [-0.2, -0.15) is 0 Å². The van der Waals surface area contributed by atoms with Crippen molar-refractivity contribution in [2.75, 3.05) is 0 Å². The molecule has 0 saturated carbocycles. The first-order valence-electron chi connectivity index (χ1n) is 6.34. The van der Waals surface area contributed by atoms with Gasteiger partial charge in [0, 0.05) is 4.47 Å². The van der Waals surface area contributed by atoms with Crippen molar-refractivity contribution in [3.05, 3.63) is 22.2 Å². The number of rotatable bonds is 3. The number of thioether (sulfide) groups is 1. The van der Waals surface area contributed by atoms with Crippen LogP contribution in [0.4, 0.5) is 0 Å². The summed E-state index contributed by atoms with van der Waals surface area (Å²) in [4.78, 5) is 12.9. The van der Waals surface area contributed by atoms with Gasteiger partial charge in [0.2, 0.25) is 0 Å². The molecular weight excluding hydrogens is 340 g/mol. The molecule has 1 rings (SSSR count). The van der Waals surface area contributed by atoms with Crippen molar-refractivity contribution in [3.8, 4) is 5.75 Å². The van der Waals surface area contributed by atoms with Crippen LogP contribution in [0, 0.1) is 6.92 Å². The molecule has 5 heteroatoms. The Morgan fingerprint density at radius 2 is 1.80 bits per heavy atom. The van der Waals surface area contributed by atoms with E-state index in [1.807, 2.05) is 27.7 Å². The topological polar surface area (TPSA) is 46.5 Å². The number of esters is 1. The second-order valence-corrected chi connectivity index (χ2v) is 8.62. The van der Waals surface area contributed by atoms with E-state index in [1.54, 1.807) is 26.0 Å². The van der Waals surface area contributed by atoms with E-state index < -0.39 is 10.3 Å². The van der Waals surface area contributed by atoms with Crippen molar-refractivity contribution in [3.63, 3.8) is 0 Å². The fourth-order valence-corrected chi connectivity index (χ4v) is 3.01. The van der Waals surface area contributed by atoms with Crippen LogP contribution in [-0.2, 0) is 9.53 Å². The zero-order valence-corrected chi connectivity index (χ0v) is 15.1. The van der Waals surface area contributed by atoms with Crippen molar-refractivity contribution in [2.24, 2.45) is 0 Å². The van der Waals surface area contributed by atoms with Gasteiger partial charge < -0.3 is 9.84 Å². The molecule has 0 aliphatic heterocycles. The molecule has 0 fully saturated rings. The average Bonchev–Trinajstić information content (AvgIpc) is 2.27. The number of hydrogen-bond acceptors (Lipinski definition) is 4. The average molecular weight is 361 g/mol. The predicted molar refractivity (Wildman–Crippen MR) is 86.3 cm³/mol. The number of benzene rings is 1. The summed E-state index contributed by atoms with van der Waals surface area (Å²) in [5.74, 6) is -0.124. The summed E-state index contributed by atoms with van der Waals surface area (Å²) < 4.78 is 5.55. The van der Waals surface area contributed by atoms with Gasteiger partial charge in [0.05, 0.1) is 4.90 Å². The molecule has 0 spiro atoms. The molecule has 0 unspecified atom stereocenters. The van der Waals surface area contributed by atoms with Gasteiger partial charge in [-0.3, -0.25) is 4.79 Å². The molecule has 112 valence electrons. The number of phenols is 1. The van der Waals surface area contributed by atoms with Crippen LogP contribution in [-0.4, -0.2) is 21.4 Å². The summed E-state index contributed by atoms with van der Waals surface area (Å²) in [6.07, 6.45) is 0. The van der Waals surface area contributed by atoms with E-state index in [0.29, 0.717) is 4.90 Å². The molecular formula is C15H21BrO3S. The Hall–Kier alpha value is -0.680. The lowest BCUT2D eigenvalue weighted by molar-refractivity contribution is -0.156. The Bertz CT molecular complexity index is 519. The Balaban J connectivity index is 3.03. The largest absolute Gasteiger partial charge is 0.507 e. The number of aromatic hydroxyl groups is 1. The molecule has 0 atom stereocenters. The molecule has 0 heterocycles. The van der Waals surface area contributed by atoms with Gasteiger partial charge in [0.25, 0.3) is 0 Å².